The van der Waals surface area contributed by atoms with Gasteiger partial charge in [-0.2, -0.15) is 0 Å². The fraction of sp³-hybridized carbons (Fsp3) is 0.500. The molecule has 21 heavy (non-hydrogen) atoms. The highest BCUT2D eigenvalue weighted by molar-refractivity contribution is 5.97. The number of Topliss-reactive ketones (excluding diaryl/α,β-unsaturated/α-hetero) is 1. The van der Waals surface area contributed by atoms with Crippen LogP contribution in [-0.2, 0) is 4.79 Å². The van der Waals surface area contributed by atoms with Gasteiger partial charge in [-0.1, -0.05) is 6.92 Å². The molecule has 1 aromatic rings. The summed E-state index contributed by atoms with van der Waals surface area (Å²) in [5.74, 6) is -0.473. The first kappa shape index (κ1) is 15.6. The average molecular weight is 293 g/mol. The van der Waals surface area contributed by atoms with Crippen LogP contribution in [0.25, 0.3) is 0 Å². The lowest BCUT2D eigenvalue weighted by Crippen LogP contribution is -2.45. The number of carbonyl (C=O) groups excluding carboxylic acids is 2. The van der Waals surface area contributed by atoms with Gasteiger partial charge in [0.25, 0.3) is 0 Å². The summed E-state index contributed by atoms with van der Waals surface area (Å²) in [5, 5.41) is 9.78. The number of β-amino-alcohol motifs (C(OH)–C–C–N with tert-alkyl or cyclic N) is 1. The molecule has 1 heterocycles. The molecule has 1 fully saturated rings. The number of aliphatic hydroxyl groups is 1. The Bertz CT molecular complexity index is 515. The van der Waals surface area contributed by atoms with E-state index in [1.807, 2.05) is 6.92 Å². The van der Waals surface area contributed by atoms with Gasteiger partial charge >= 0.3 is 0 Å². The molecule has 1 amide bonds. The van der Waals surface area contributed by atoms with Crippen LogP contribution in [-0.4, -0.2) is 40.9 Å². The number of rotatable bonds is 4. The number of hydrogen-bond donors (Lipinski definition) is 1. The van der Waals surface area contributed by atoms with E-state index in [-0.39, 0.29) is 36.3 Å². The molecule has 1 aliphatic rings. The molecule has 0 aromatic heterocycles. The highest BCUT2D eigenvalue weighted by Crippen LogP contribution is 2.18. The Morgan fingerprint density at radius 1 is 1.29 bits per heavy atom. The van der Waals surface area contributed by atoms with Gasteiger partial charge in [-0.25, -0.2) is 4.39 Å². The molecule has 1 saturated heterocycles. The van der Waals surface area contributed by atoms with Crippen LogP contribution in [0, 0.1) is 11.7 Å². The van der Waals surface area contributed by atoms with Gasteiger partial charge in [-0.15, -0.1) is 0 Å². The molecule has 0 radical (unpaired) electrons. The number of benzene rings is 1. The Morgan fingerprint density at radius 3 is 2.57 bits per heavy atom. The van der Waals surface area contributed by atoms with Crippen LogP contribution < -0.4 is 0 Å². The first-order chi connectivity index (χ1) is 9.97. The molecule has 1 aliphatic heterocycles. The average Bonchev–Trinajstić information content (AvgIpc) is 2.48. The smallest absolute Gasteiger partial charge is 0.223 e. The standard InChI is InChI=1S/C16H20FNO3/c1-11-8-9-18(10-15(11)20)16(21)7-6-14(19)12-2-4-13(17)5-3-12/h2-5,11,15,20H,6-10H2,1H3. The molecule has 1 aromatic carbocycles. The van der Waals surface area contributed by atoms with Crippen LogP contribution in [0.2, 0.25) is 0 Å². The summed E-state index contributed by atoms with van der Waals surface area (Å²) in [6, 6.07) is 5.32. The molecule has 2 unspecified atom stereocenters. The Hall–Kier alpha value is -1.75. The number of carbonyl (C=O) groups is 2. The fourth-order valence-corrected chi connectivity index (χ4v) is 2.43. The van der Waals surface area contributed by atoms with E-state index in [4.69, 9.17) is 0 Å². The second-order valence-electron chi connectivity index (χ2n) is 5.60. The molecular formula is C16H20FNO3. The van der Waals surface area contributed by atoms with Crippen molar-refractivity contribution in [2.24, 2.45) is 5.92 Å². The van der Waals surface area contributed by atoms with Crippen molar-refractivity contribution in [1.82, 2.24) is 4.90 Å². The fourth-order valence-electron chi connectivity index (χ4n) is 2.43. The quantitative estimate of drug-likeness (QED) is 0.864. The van der Waals surface area contributed by atoms with Gasteiger partial charge in [0, 0.05) is 31.5 Å². The minimum atomic E-state index is -0.490. The Labute approximate surface area is 123 Å². The largest absolute Gasteiger partial charge is 0.391 e. The molecule has 0 bridgehead atoms. The van der Waals surface area contributed by atoms with Gasteiger partial charge in [0.1, 0.15) is 5.82 Å². The summed E-state index contributed by atoms with van der Waals surface area (Å²) in [7, 11) is 0. The molecule has 114 valence electrons. The van der Waals surface area contributed by atoms with Crippen molar-refractivity contribution < 1.29 is 19.1 Å². The lowest BCUT2D eigenvalue weighted by atomic mass is 9.95. The Balaban J connectivity index is 1.83. The molecule has 0 aliphatic carbocycles. The number of piperidine rings is 1. The normalized spacial score (nSPS) is 22.1. The predicted molar refractivity (Wildman–Crippen MR) is 76.3 cm³/mol. The molecule has 1 N–H and O–H groups in total. The van der Waals surface area contributed by atoms with E-state index >= 15 is 0 Å². The van der Waals surface area contributed by atoms with Gasteiger partial charge < -0.3 is 10.0 Å². The lowest BCUT2D eigenvalue weighted by Gasteiger charge is -2.34. The van der Waals surface area contributed by atoms with Crippen molar-refractivity contribution >= 4 is 11.7 Å². The minimum Gasteiger partial charge on any atom is -0.391 e. The van der Waals surface area contributed by atoms with E-state index < -0.39 is 6.10 Å². The van der Waals surface area contributed by atoms with Crippen LogP contribution in [0.15, 0.2) is 24.3 Å². The zero-order chi connectivity index (χ0) is 15.4. The number of likely N-dealkylation sites (tertiary alicyclic amines) is 1. The number of ketones is 1. The maximum atomic E-state index is 12.8. The molecule has 2 rings (SSSR count). The van der Waals surface area contributed by atoms with Crippen molar-refractivity contribution in [2.45, 2.75) is 32.3 Å². The number of amides is 1. The summed E-state index contributed by atoms with van der Waals surface area (Å²) in [4.78, 5) is 25.6. The van der Waals surface area contributed by atoms with Gasteiger partial charge in [-0.05, 0) is 36.6 Å². The van der Waals surface area contributed by atoms with Crippen LogP contribution >= 0.6 is 0 Å². The van der Waals surface area contributed by atoms with Crippen molar-refractivity contribution in [1.29, 1.82) is 0 Å². The highest BCUT2D eigenvalue weighted by atomic mass is 19.1. The van der Waals surface area contributed by atoms with E-state index in [2.05, 4.69) is 0 Å². The van der Waals surface area contributed by atoms with Crippen molar-refractivity contribution in [3.8, 4) is 0 Å². The summed E-state index contributed by atoms with van der Waals surface area (Å²) in [5.41, 5.74) is 0.413. The predicted octanol–water partition coefficient (Wildman–Crippen LogP) is 2.02. The summed E-state index contributed by atoms with van der Waals surface area (Å²) < 4.78 is 12.8. The SMILES string of the molecule is CC1CCN(C(=O)CCC(=O)c2ccc(F)cc2)CC1O. The molecule has 4 nitrogen and oxygen atoms in total. The lowest BCUT2D eigenvalue weighted by molar-refractivity contribution is -0.135. The van der Waals surface area contributed by atoms with Gasteiger partial charge in [0.05, 0.1) is 6.10 Å². The van der Waals surface area contributed by atoms with Crippen LogP contribution in [0.1, 0.15) is 36.5 Å². The monoisotopic (exact) mass is 293 g/mol. The molecule has 0 saturated carbocycles. The van der Waals surface area contributed by atoms with E-state index in [0.29, 0.717) is 18.7 Å². The minimum absolute atomic E-state index is 0.104. The molecule has 0 spiro atoms. The highest BCUT2D eigenvalue weighted by Gasteiger charge is 2.27. The maximum absolute atomic E-state index is 12.8. The van der Waals surface area contributed by atoms with Gasteiger partial charge in [0.15, 0.2) is 5.78 Å². The Morgan fingerprint density at radius 2 is 1.95 bits per heavy atom. The topological polar surface area (TPSA) is 57.6 Å². The van der Waals surface area contributed by atoms with E-state index in [1.165, 1.54) is 24.3 Å². The van der Waals surface area contributed by atoms with E-state index in [9.17, 15) is 19.1 Å². The van der Waals surface area contributed by atoms with Crippen molar-refractivity contribution in [3.05, 3.63) is 35.6 Å². The third kappa shape index (κ3) is 4.11. The zero-order valence-electron chi connectivity index (χ0n) is 12.1. The van der Waals surface area contributed by atoms with Crippen molar-refractivity contribution in [3.63, 3.8) is 0 Å². The Kier molecular flexibility index (Phi) is 5.07. The zero-order valence-corrected chi connectivity index (χ0v) is 12.1. The van der Waals surface area contributed by atoms with E-state index in [1.54, 1.807) is 4.90 Å². The van der Waals surface area contributed by atoms with Gasteiger partial charge in [0.2, 0.25) is 5.91 Å². The molecule has 2 atom stereocenters. The third-order valence-corrected chi connectivity index (χ3v) is 4.00. The number of aliphatic hydroxyl groups excluding tert-OH is 1. The molecule has 5 heteroatoms. The van der Waals surface area contributed by atoms with Crippen LogP contribution in [0.4, 0.5) is 4.39 Å². The maximum Gasteiger partial charge on any atom is 0.223 e. The van der Waals surface area contributed by atoms with Crippen LogP contribution in [0.3, 0.4) is 0 Å². The third-order valence-electron chi connectivity index (χ3n) is 4.00. The number of halogens is 1. The number of nitrogens with zero attached hydrogens (tertiary/aromatic N) is 1. The van der Waals surface area contributed by atoms with Crippen LogP contribution in [0.5, 0.6) is 0 Å². The van der Waals surface area contributed by atoms with Gasteiger partial charge in [-0.3, -0.25) is 9.59 Å². The molecular weight excluding hydrogens is 273 g/mol. The van der Waals surface area contributed by atoms with Crippen molar-refractivity contribution in [2.75, 3.05) is 13.1 Å². The second kappa shape index (κ2) is 6.80. The first-order valence-electron chi connectivity index (χ1n) is 7.22. The second-order valence-corrected chi connectivity index (χ2v) is 5.60. The number of hydrogen-bond acceptors (Lipinski definition) is 3. The first-order valence-corrected chi connectivity index (χ1v) is 7.22. The summed E-state index contributed by atoms with van der Waals surface area (Å²) in [6.45, 7) is 2.93. The van der Waals surface area contributed by atoms with E-state index in [0.717, 1.165) is 6.42 Å². The summed E-state index contributed by atoms with van der Waals surface area (Å²) >= 11 is 0. The summed E-state index contributed by atoms with van der Waals surface area (Å²) in [6.07, 6.45) is 0.512.